The molecule has 1 fully saturated rings. The third-order valence-electron chi connectivity index (χ3n) is 2.95. The monoisotopic (exact) mass is 281 g/mol. The molecule has 8 heteroatoms. The number of esters is 1. The summed E-state index contributed by atoms with van der Waals surface area (Å²) in [5.41, 5.74) is 0.105. The summed E-state index contributed by atoms with van der Waals surface area (Å²) in [6.07, 6.45) is 1.65. The van der Waals surface area contributed by atoms with Crippen LogP contribution in [0.15, 0.2) is 12.1 Å². The highest BCUT2D eigenvalue weighted by molar-refractivity contribution is 5.95. The van der Waals surface area contributed by atoms with E-state index in [4.69, 9.17) is 4.74 Å². The Morgan fingerprint density at radius 2 is 2.20 bits per heavy atom. The maximum atomic E-state index is 12.3. The summed E-state index contributed by atoms with van der Waals surface area (Å²) in [6.45, 7) is 1.80. The first-order valence-electron chi connectivity index (χ1n) is 6.33. The summed E-state index contributed by atoms with van der Waals surface area (Å²) in [6, 6.07) is 2.58. The zero-order valence-electron chi connectivity index (χ0n) is 11.0. The van der Waals surface area contributed by atoms with Gasteiger partial charge in [0, 0.05) is 12.1 Å². The van der Waals surface area contributed by atoms with Crippen molar-refractivity contribution in [3.05, 3.63) is 27.9 Å². The van der Waals surface area contributed by atoms with Crippen molar-refractivity contribution in [2.45, 2.75) is 25.8 Å². The van der Waals surface area contributed by atoms with Gasteiger partial charge in [0.2, 0.25) is 0 Å². The molecule has 1 aliphatic carbocycles. The van der Waals surface area contributed by atoms with Gasteiger partial charge in [0.25, 0.3) is 5.91 Å². The van der Waals surface area contributed by atoms with E-state index in [0.717, 1.165) is 12.8 Å². The van der Waals surface area contributed by atoms with Crippen LogP contribution in [-0.4, -0.2) is 45.9 Å². The normalized spacial score (nSPS) is 13.8. The van der Waals surface area contributed by atoms with Crippen LogP contribution in [-0.2, 0) is 9.53 Å². The number of aromatic amines is 1. The fraction of sp³-hybridized carbons (Fsp3) is 0.500. The van der Waals surface area contributed by atoms with Crippen LogP contribution in [0, 0.1) is 10.1 Å². The summed E-state index contributed by atoms with van der Waals surface area (Å²) >= 11 is 0. The zero-order valence-corrected chi connectivity index (χ0v) is 11.0. The van der Waals surface area contributed by atoms with Gasteiger partial charge >= 0.3 is 11.8 Å². The number of carbonyl (C=O) groups is 2. The van der Waals surface area contributed by atoms with Gasteiger partial charge in [-0.2, -0.15) is 0 Å². The minimum atomic E-state index is -0.608. The summed E-state index contributed by atoms with van der Waals surface area (Å²) < 4.78 is 4.83. The Kier molecular flexibility index (Phi) is 4.02. The van der Waals surface area contributed by atoms with E-state index in [-0.39, 0.29) is 30.7 Å². The highest BCUT2D eigenvalue weighted by Crippen LogP contribution is 2.28. The number of hydrogen-bond acceptors (Lipinski definition) is 5. The van der Waals surface area contributed by atoms with E-state index in [9.17, 15) is 19.7 Å². The van der Waals surface area contributed by atoms with Gasteiger partial charge in [-0.25, -0.2) is 4.98 Å². The highest BCUT2D eigenvalue weighted by Gasteiger charge is 2.36. The van der Waals surface area contributed by atoms with Gasteiger partial charge in [-0.05, 0) is 30.8 Å². The number of nitrogens with zero attached hydrogens (tertiary/aromatic N) is 2. The second-order valence-electron chi connectivity index (χ2n) is 4.48. The fourth-order valence-corrected chi connectivity index (χ4v) is 1.87. The molecule has 20 heavy (non-hydrogen) atoms. The lowest BCUT2D eigenvalue weighted by atomic mass is 10.3. The minimum absolute atomic E-state index is 0.00858. The first-order chi connectivity index (χ1) is 9.52. The number of nitro groups is 1. The van der Waals surface area contributed by atoms with Gasteiger partial charge in [-0.1, -0.05) is 0 Å². The lowest BCUT2D eigenvalue weighted by Gasteiger charge is -2.19. The number of nitrogens with one attached hydrogen (secondary N) is 1. The van der Waals surface area contributed by atoms with E-state index in [1.54, 1.807) is 6.92 Å². The van der Waals surface area contributed by atoms with Gasteiger partial charge in [0.15, 0.2) is 5.69 Å². The van der Waals surface area contributed by atoms with Crippen molar-refractivity contribution >= 4 is 17.7 Å². The third-order valence-corrected chi connectivity index (χ3v) is 2.95. The predicted octanol–water partition coefficient (Wildman–Crippen LogP) is 1.09. The molecular formula is C12H15N3O5. The smallest absolute Gasteiger partial charge is 0.325 e. The van der Waals surface area contributed by atoms with E-state index >= 15 is 0 Å². The number of ether oxygens (including phenoxy) is 1. The highest BCUT2D eigenvalue weighted by atomic mass is 16.6. The van der Waals surface area contributed by atoms with E-state index in [2.05, 4.69) is 4.98 Å². The molecule has 0 atom stereocenters. The van der Waals surface area contributed by atoms with Gasteiger partial charge in [0.05, 0.1) is 6.61 Å². The topological polar surface area (TPSA) is 106 Å². The first-order valence-corrected chi connectivity index (χ1v) is 6.33. The standard InChI is InChI=1S/C12H15N3O5/c1-2-20-11(16)7-14(8-3-4-8)12(17)9-5-6-10(13-9)15(18)19/h5-6,8,13H,2-4,7H2,1H3. The van der Waals surface area contributed by atoms with Crippen molar-refractivity contribution in [2.75, 3.05) is 13.2 Å². The van der Waals surface area contributed by atoms with Crippen LogP contribution in [0.25, 0.3) is 0 Å². The summed E-state index contributed by atoms with van der Waals surface area (Å²) in [5.74, 6) is -1.15. The SMILES string of the molecule is CCOC(=O)CN(C(=O)c1ccc([N+](=O)[O-])[nH]1)C1CC1. The Bertz CT molecular complexity index is 535. The van der Waals surface area contributed by atoms with Crippen LogP contribution >= 0.6 is 0 Å². The van der Waals surface area contributed by atoms with Gasteiger partial charge in [-0.3, -0.25) is 9.59 Å². The molecule has 8 nitrogen and oxygen atoms in total. The molecule has 1 saturated carbocycles. The molecule has 1 aliphatic rings. The Balaban J connectivity index is 2.10. The maximum Gasteiger partial charge on any atom is 0.325 e. The molecular weight excluding hydrogens is 266 g/mol. The quantitative estimate of drug-likeness (QED) is 0.477. The van der Waals surface area contributed by atoms with Crippen LogP contribution < -0.4 is 0 Å². The average Bonchev–Trinajstić information content (AvgIpc) is 3.11. The molecule has 108 valence electrons. The predicted molar refractivity (Wildman–Crippen MR) is 68.1 cm³/mol. The summed E-state index contributed by atoms with van der Waals surface area (Å²) in [7, 11) is 0. The van der Waals surface area contributed by atoms with E-state index in [0.29, 0.717) is 0 Å². The molecule has 1 amide bonds. The van der Waals surface area contributed by atoms with E-state index in [1.807, 2.05) is 0 Å². The lowest BCUT2D eigenvalue weighted by Crippen LogP contribution is -2.38. The molecule has 0 spiro atoms. The Morgan fingerprint density at radius 1 is 1.50 bits per heavy atom. The molecule has 0 aromatic carbocycles. The molecule has 0 saturated heterocycles. The van der Waals surface area contributed by atoms with Crippen LogP contribution in [0.2, 0.25) is 0 Å². The maximum absolute atomic E-state index is 12.3. The van der Waals surface area contributed by atoms with Crippen LogP contribution in [0.3, 0.4) is 0 Å². The molecule has 0 bridgehead atoms. The van der Waals surface area contributed by atoms with Crippen molar-refractivity contribution in [1.29, 1.82) is 0 Å². The Morgan fingerprint density at radius 3 is 2.70 bits per heavy atom. The second kappa shape index (κ2) is 5.72. The number of amides is 1. The fourth-order valence-electron chi connectivity index (χ4n) is 1.87. The van der Waals surface area contributed by atoms with Crippen molar-refractivity contribution < 1.29 is 19.2 Å². The van der Waals surface area contributed by atoms with Gasteiger partial charge in [-0.15, -0.1) is 0 Å². The number of aromatic nitrogens is 1. The first kappa shape index (κ1) is 14.0. The zero-order chi connectivity index (χ0) is 14.7. The van der Waals surface area contributed by atoms with Crippen molar-refractivity contribution in [1.82, 2.24) is 9.88 Å². The summed E-state index contributed by atoms with van der Waals surface area (Å²) in [4.78, 5) is 37.6. The third kappa shape index (κ3) is 3.14. The molecule has 1 aromatic heterocycles. The number of carbonyl (C=O) groups excluding carboxylic acids is 2. The lowest BCUT2D eigenvalue weighted by molar-refractivity contribution is -0.389. The van der Waals surface area contributed by atoms with Crippen LogP contribution in [0.1, 0.15) is 30.3 Å². The van der Waals surface area contributed by atoms with Gasteiger partial charge < -0.3 is 19.8 Å². The van der Waals surface area contributed by atoms with Crippen molar-refractivity contribution in [2.24, 2.45) is 0 Å². The molecule has 2 rings (SSSR count). The molecule has 1 N–H and O–H groups in total. The largest absolute Gasteiger partial charge is 0.465 e. The molecule has 0 unspecified atom stereocenters. The average molecular weight is 281 g/mol. The summed E-state index contributed by atoms with van der Waals surface area (Å²) in [5, 5.41) is 10.6. The molecule has 1 heterocycles. The molecule has 0 radical (unpaired) electrons. The number of H-pyrrole nitrogens is 1. The van der Waals surface area contributed by atoms with E-state index in [1.165, 1.54) is 17.0 Å². The Hall–Kier alpha value is -2.38. The molecule has 0 aliphatic heterocycles. The molecule has 1 aromatic rings. The number of rotatable bonds is 6. The van der Waals surface area contributed by atoms with E-state index < -0.39 is 16.8 Å². The van der Waals surface area contributed by atoms with Gasteiger partial charge in [0.1, 0.15) is 6.54 Å². The minimum Gasteiger partial charge on any atom is -0.465 e. The second-order valence-corrected chi connectivity index (χ2v) is 4.48. The Labute approximate surface area is 114 Å². The van der Waals surface area contributed by atoms with Crippen LogP contribution in [0.4, 0.5) is 5.82 Å². The van der Waals surface area contributed by atoms with Crippen LogP contribution in [0.5, 0.6) is 0 Å². The van der Waals surface area contributed by atoms with Crippen molar-refractivity contribution in [3.8, 4) is 0 Å². The number of hydrogen-bond donors (Lipinski definition) is 1. The van der Waals surface area contributed by atoms with Crippen molar-refractivity contribution in [3.63, 3.8) is 0 Å².